The van der Waals surface area contributed by atoms with Crippen LogP contribution < -0.4 is 14.8 Å². The Morgan fingerprint density at radius 3 is 2.50 bits per heavy atom. The summed E-state index contributed by atoms with van der Waals surface area (Å²) in [6, 6.07) is 4.80. The van der Waals surface area contributed by atoms with Crippen molar-refractivity contribution in [2.75, 3.05) is 40.9 Å². The monoisotopic (exact) mass is 304 g/mol. The lowest BCUT2D eigenvalue weighted by Gasteiger charge is -2.34. The van der Waals surface area contributed by atoms with Gasteiger partial charge in [0.25, 0.3) is 0 Å². The first-order valence-electron chi connectivity index (χ1n) is 8.38. The zero-order chi connectivity index (χ0) is 15.5. The Kier molecular flexibility index (Phi) is 4.89. The Bertz CT molecular complexity index is 510. The van der Waals surface area contributed by atoms with Gasteiger partial charge in [-0.2, -0.15) is 0 Å². The SMILES string of the molecule is COc1cc2c(cc1OC)C(CC1CCN(C)CC1)NCC2. The molecular weight excluding hydrogens is 276 g/mol. The van der Waals surface area contributed by atoms with E-state index >= 15 is 0 Å². The minimum Gasteiger partial charge on any atom is -0.493 e. The lowest BCUT2D eigenvalue weighted by Crippen LogP contribution is -2.35. The van der Waals surface area contributed by atoms with Crippen molar-refractivity contribution in [3.8, 4) is 11.5 Å². The van der Waals surface area contributed by atoms with Gasteiger partial charge in [0.2, 0.25) is 0 Å². The molecule has 122 valence electrons. The zero-order valence-electron chi connectivity index (χ0n) is 14.0. The van der Waals surface area contributed by atoms with Crippen molar-refractivity contribution in [2.45, 2.75) is 31.7 Å². The van der Waals surface area contributed by atoms with Gasteiger partial charge in [-0.25, -0.2) is 0 Å². The molecule has 0 radical (unpaired) electrons. The van der Waals surface area contributed by atoms with E-state index in [1.807, 2.05) is 0 Å². The van der Waals surface area contributed by atoms with E-state index in [1.165, 1.54) is 43.5 Å². The summed E-state index contributed by atoms with van der Waals surface area (Å²) in [5.74, 6) is 2.52. The molecule has 4 nitrogen and oxygen atoms in total. The third-order valence-corrected chi connectivity index (χ3v) is 5.21. The molecule has 0 saturated carbocycles. The van der Waals surface area contributed by atoms with Gasteiger partial charge >= 0.3 is 0 Å². The number of piperidine rings is 1. The summed E-state index contributed by atoms with van der Waals surface area (Å²) in [6.07, 6.45) is 4.94. The molecule has 1 unspecified atom stereocenters. The maximum atomic E-state index is 5.50. The molecule has 1 fully saturated rings. The number of hydrogen-bond acceptors (Lipinski definition) is 4. The van der Waals surface area contributed by atoms with Gasteiger partial charge in [-0.05, 0) is 81.5 Å². The average Bonchev–Trinajstić information content (AvgIpc) is 2.56. The average molecular weight is 304 g/mol. The van der Waals surface area contributed by atoms with Crippen LogP contribution in [0.5, 0.6) is 11.5 Å². The van der Waals surface area contributed by atoms with E-state index in [0.29, 0.717) is 6.04 Å². The van der Waals surface area contributed by atoms with Gasteiger partial charge in [0.05, 0.1) is 14.2 Å². The minimum atomic E-state index is 0.456. The van der Waals surface area contributed by atoms with Crippen LogP contribution in [0, 0.1) is 5.92 Å². The van der Waals surface area contributed by atoms with Crippen LogP contribution in [0.15, 0.2) is 12.1 Å². The molecule has 3 rings (SSSR count). The summed E-state index contributed by atoms with van der Waals surface area (Å²) in [7, 11) is 5.65. The highest BCUT2D eigenvalue weighted by Crippen LogP contribution is 2.38. The maximum Gasteiger partial charge on any atom is 0.161 e. The van der Waals surface area contributed by atoms with E-state index in [0.717, 1.165) is 30.4 Å². The number of hydrogen-bond donors (Lipinski definition) is 1. The standard InChI is InChI=1S/C18H28N2O2/c1-20-8-5-13(6-9-20)10-16-15-12-18(22-3)17(21-2)11-14(15)4-7-19-16/h11-13,16,19H,4-10H2,1-3H3. The largest absolute Gasteiger partial charge is 0.493 e. The third kappa shape index (κ3) is 3.23. The van der Waals surface area contributed by atoms with Gasteiger partial charge in [0.15, 0.2) is 11.5 Å². The highest BCUT2D eigenvalue weighted by Gasteiger charge is 2.26. The molecule has 0 bridgehead atoms. The van der Waals surface area contributed by atoms with Crippen molar-refractivity contribution in [3.05, 3.63) is 23.3 Å². The Labute approximate surface area is 133 Å². The second kappa shape index (κ2) is 6.88. The molecule has 2 heterocycles. The van der Waals surface area contributed by atoms with Crippen LogP contribution in [0.25, 0.3) is 0 Å². The summed E-state index contributed by atoms with van der Waals surface area (Å²) in [6.45, 7) is 3.52. The first-order chi connectivity index (χ1) is 10.7. The van der Waals surface area contributed by atoms with E-state index in [4.69, 9.17) is 9.47 Å². The molecule has 1 aromatic carbocycles. The number of likely N-dealkylation sites (tertiary alicyclic amines) is 1. The lowest BCUT2D eigenvalue weighted by atomic mass is 9.84. The third-order valence-electron chi connectivity index (χ3n) is 5.21. The molecule has 22 heavy (non-hydrogen) atoms. The normalized spacial score (nSPS) is 23.1. The van der Waals surface area contributed by atoms with Crippen molar-refractivity contribution < 1.29 is 9.47 Å². The molecule has 0 aliphatic carbocycles. The number of nitrogens with zero attached hydrogens (tertiary/aromatic N) is 1. The topological polar surface area (TPSA) is 33.7 Å². The highest BCUT2D eigenvalue weighted by molar-refractivity contribution is 5.49. The Hall–Kier alpha value is -1.26. The number of methoxy groups -OCH3 is 2. The van der Waals surface area contributed by atoms with E-state index in [2.05, 4.69) is 29.4 Å². The first kappa shape index (κ1) is 15.6. The first-order valence-corrected chi connectivity index (χ1v) is 8.38. The molecule has 1 atom stereocenters. The van der Waals surface area contributed by atoms with Crippen molar-refractivity contribution in [1.29, 1.82) is 0 Å². The number of nitrogens with one attached hydrogen (secondary N) is 1. The van der Waals surface area contributed by atoms with Crippen LogP contribution >= 0.6 is 0 Å². The van der Waals surface area contributed by atoms with Crippen LogP contribution in [0.4, 0.5) is 0 Å². The van der Waals surface area contributed by atoms with E-state index in [1.54, 1.807) is 14.2 Å². The van der Waals surface area contributed by atoms with E-state index in [9.17, 15) is 0 Å². The minimum absolute atomic E-state index is 0.456. The summed E-state index contributed by atoms with van der Waals surface area (Å²) in [5.41, 5.74) is 2.82. The van der Waals surface area contributed by atoms with Gasteiger partial charge in [0.1, 0.15) is 0 Å². The van der Waals surface area contributed by atoms with Crippen molar-refractivity contribution in [3.63, 3.8) is 0 Å². The van der Waals surface area contributed by atoms with Gasteiger partial charge in [-0.1, -0.05) is 0 Å². The number of rotatable bonds is 4. The summed E-state index contributed by atoms with van der Waals surface area (Å²) in [4.78, 5) is 2.44. The number of fused-ring (bicyclic) bond motifs is 1. The molecule has 1 aromatic rings. The molecule has 1 N–H and O–H groups in total. The van der Waals surface area contributed by atoms with Crippen molar-refractivity contribution in [2.24, 2.45) is 5.92 Å². The van der Waals surface area contributed by atoms with Gasteiger partial charge in [-0.15, -0.1) is 0 Å². The Morgan fingerprint density at radius 2 is 1.82 bits per heavy atom. The van der Waals surface area contributed by atoms with E-state index in [-0.39, 0.29) is 0 Å². The summed E-state index contributed by atoms with van der Waals surface area (Å²) in [5, 5.41) is 3.71. The van der Waals surface area contributed by atoms with Crippen molar-refractivity contribution >= 4 is 0 Å². The molecule has 2 aliphatic rings. The Morgan fingerprint density at radius 1 is 1.14 bits per heavy atom. The smallest absolute Gasteiger partial charge is 0.161 e. The van der Waals surface area contributed by atoms with Gasteiger partial charge in [-0.3, -0.25) is 0 Å². The summed E-state index contributed by atoms with van der Waals surface area (Å²) >= 11 is 0. The van der Waals surface area contributed by atoms with Crippen LogP contribution in [0.3, 0.4) is 0 Å². The highest BCUT2D eigenvalue weighted by atomic mass is 16.5. The number of ether oxygens (including phenoxy) is 2. The molecule has 0 aromatic heterocycles. The molecule has 0 amide bonds. The predicted octanol–water partition coefficient (Wildman–Crippen LogP) is 2.62. The fraction of sp³-hybridized carbons (Fsp3) is 0.667. The molecule has 2 aliphatic heterocycles. The second-order valence-electron chi connectivity index (χ2n) is 6.65. The Balaban J connectivity index is 1.78. The zero-order valence-corrected chi connectivity index (χ0v) is 14.0. The fourth-order valence-electron chi connectivity index (χ4n) is 3.81. The molecule has 1 saturated heterocycles. The summed E-state index contributed by atoms with van der Waals surface area (Å²) < 4.78 is 10.9. The van der Waals surface area contributed by atoms with Gasteiger partial charge in [0, 0.05) is 6.04 Å². The number of benzene rings is 1. The van der Waals surface area contributed by atoms with Crippen molar-refractivity contribution in [1.82, 2.24) is 10.2 Å². The fourth-order valence-corrected chi connectivity index (χ4v) is 3.81. The molecule has 0 spiro atoms. The quantitative estimate of drug-likeness (QED) is 0.927. The lowest BCUT2D eigenvalue weighted by molar-refractivity contribution is 0.199. The van der Waals surface area contributed by atoms with E-state index < -0.39 is 0 Å². The second-order valence-corrected chi connectivity index (χ2v) is 6.65. The van der Waals surface area contributed by atoms with Crippen LogP contribution in [0.1, 0.15) is 36.4 Å². The van der Waals surface area contributed by atoms with Crippen LogP contribution in [0.2, 0.25) is 0 Å². The van der Waals surface area contributed by atoms with Crippen LogP contribution in [-0.2, 0) is 6.42 Å². The van der Waals surface area contributed by atoms with Gasteiger partial charge < -0.3 is 19.7 Å². The predicted molar refractivity (Wildman–Crippen MR) is 88.8 cm³/mol. The maximum absolute atomic E-state index is 5.50. The van der Waals surface area contributed by atoms with Crippen LogP contribution in [-0.4, -0.2) is 45.8 Å². The molecular formula is C18H28N2O2. The molecule has 4 heteroatoms.